The van der Waals surface area contributed by atoms with Gasteiger partial charge in [0.2, 0.25) is 5.95 Å². The molecule has 3 saturated heterocycles. The molecule has 25 heteroatoms. The predicted octanol–water partition coefficient (Wildman–Crippen LogP) is -2.03. The van der Waals surface area contributed by atoms with E-state index in [0.29, 0.717) is 11.2 Å². The Morgan fingerprint density at radius 3 is 2.84 bits per heavy atom. The minimum absolute atomic E-state index is 0.0106. The molecule has 0 aliphatic carbocycles. The third kappa shape index (κ3) is 5.46. The Hall–Kier alpha value is -2.63. The molecule has 45 heavy (non-hydrogen) atoms. The summed E-state index contributed by atoms with van der Waals surface area (Å²) in [5.41, 5.74) is 10.2. The van der Waals surface area contributed by atoms with Crippen molar-refractivity contribution in [2.24, 2.45) is 0 Å². The molecule has 0 amide bonds. The Morgan fingerprint density at radius 2 is 2.07 bits per heavy atom. The summed E-state index contributed by atoms with van der Waals surface area (Å²) in [7, 11) is -2.67. The van der Waals surface area contributed by atoms with Crippen LogP contribution >= 0.6 is 13.9 Å². The first-order chi connectivity index (χ1) is 21.5. The number of hydrogen-bond donors (Lipinski definition) is 6. The number of nitrogen functional groups attached to an aromatic ring is 2. The van der Waals surface area contributed by atoms with Crippen LogP contribution in [0.1, 0.15) is 18.9 Å². The highest BCUT2D eigenvalue weighted by molar-refractivity contribution is 8.07. The molecule has 4 aromatic rings. The maximum absolute atomic E-state index is 12.3. The molecule has 4 aromatic heterocycles. The summed E-state index contributed by atoms with van der Waals surface area (Å²) in [4.78, 5) is 52.3. The topological polar surface area (TPSA) is 288 Å². The van der Waals surface area contributed by atoms with E-state index in [1.807, 2.05) is 0 Å². The molecule has 3 aliphatic rings. The van der Waals surface area contributed by atoms with Gasteiger partial charge in [-0.3, -0.25) is 14.3 Å². The first-order valence-corrected chi connectivity index (χ1v) is 18.2. The van der Waals surface area contributed by atoms with E-state index in [2.05, 4.69) is 35.2 Å². The SMILES string of the molecule is Nc1nc2c(nnn2[C@@H]2O[C@H](CO)C[C@H]2OP(O)(=S)OC[C@@]23CO[C@@H]([C@H](n4cnc5c(N)ncnc54)O2)[C@@H]3O[PH](O)=S)c(=O)[nH]1. The van der Waals surface area contributed by atoms with Crippen LogP contribution < -0.4 is 17.0 Å². The molecule has 7 heterocycles. The Balaban J connectivity index is 1.13. The van der Waals surface area contributed by atoms with Crippen LogP contribution in [-0.2, 0) is 51.4 Å². The van der Waals surface area contributed by atoms with Crippen LogP contribution in [0.3, 0.4) is 0 Å². The molecule has 9 atom stereocenters. The maximum atomic E-state index is 12.3. The standard InChI is InChI=1S/C20H25N11O10P2S2/c21-13-9-14(24-5-23-13)30(6-25-9)18-11-12(40-42(34)44)20(39-18,3-36-11)4-37-43(35,45)41-8-1-7(2-32)38-17(8)31-15-10(28-29-31)16(33)27-19(22)26-15/h5-8,11-12,17-18,32,42H,1-4H2,(H,34,44)(H,35,45)(H2,21,23,24)(H3,22,26,27,33)/t7-,8+,11+,12-,17+,18+,20+,43?/m0/s1. The molecule has 7 rings (SSSR count). The van der Waals surface area contributed by atoms with Gasteiger partial charge in [-0.25, -0.2) is 15.0 Å². The molecule has 0 saturated carbocycles. The van der Waals surface area contributed by atoms with Gasteiger partial charge in [0.25, 0.3) is 5.56 Å². The quantitative estimate of drug-likeness (QED) is 0.0969. The number of rotatable bonds is 10. The maximum Gasteiger partial charge on any atom is 0.325 e. The number of nitrogens with zero attached hydrogens (tertiary/aromatic N) is 8. The van der Waals surface area contributed by atoms with Gasteiger partial charge in [-0.1, -0.05) is 5.21 Å². The molecule has 21 nitrogen and oxygen atoms in total. The molecule has 2 unspecified atom stereocenters. The number of nitrogens with one attached hydrogen (secondary N) is 1. The van der Waals surface area contributed by atoms with E-state index >= 15 is 0 Å². The van der Waals surface area contributed by atoms with Gasteiger partial charge >= 0.3 is 6.72 Å². The zero-order chi connectivity index (χ0) is 31.7. The minimum atomic E-state index is -4.10. The predicted molar refractivity (Wildman–Crippen MR) is 158 cm³/mol. The van der Waals surface area contributed by atoms with E-state index in [-0.39, 0.29) is 36.0 Å². The van der Waals surface area contributed by atoms with Crippen molar-refractivity contribution in [2.45, 2.75) is 48.9 Å². The van der Waals surface area contributed by atoms with Gasteiger partial charge < -0.3 is 54.1 Å². The summed E-state index contributed by atoms with van der Waals surface area (Å²) in [6.45, 7) is -4.95. The summed E-state index contributed by atoms with van der Waals surface area (Å²) in [5, 5.41) is 17.6. The molecule has 8 N–H and O–H groups in total. The lowest BCUT2D eigenvalue weighted by Gasteiger charge is -2.33. The molecule has 3 fully saturated rings. The van der Waals surface area contributed by atoms with E-state index in [0.717, 1.165) is 4.68 Å². The second kappa shape index (κ2) is 11.6. The smallest absolute Gasteiger partial charge is 0.325 e. The number of aliphatic hydroxyl groups is 1. The van der Waals surface area contributed by atoms with Crippen molar-refractivity contribution in [2.75, 3.05) is 31.3 Å². The summed E-state index contributed by atoms with van der Waals surface area (Å²) in [5.74, 6) is -0.0179. The highest BCUT2D eigenvalue weighted by Gasteiger charge is 2.64. The Kier molecular flexibility index (Phi) is 7.96. The van der Waals surface area contributed by atoms with E-state index in [9.17, 15) is 19.7 Å². The average Bonchev–Trinajstić information content (AvgIpc) is 3.80. The second-order valence-electron chi connectivity index (χ2n) is 10.3. The number of aromatic amines is 1. The van der Waals surface area contributed by atoms with Crippen molar-refractivity contribution < 1.29 is 42.7 Å². The number of hydrogen-bond acceptors (Lipinski definition) is 18. The zero-order valence-corrected chi connectivity index (χ0v) is 26.2. The largest absolute Gasteiger partial charge is 0.394 e. The van der Waals surface area contributed by atoms with E-state index in [1.165, 1.54) is 12.7 Å². The van der Waals surface area contributed by atoms with Gasteiger partial charge in [-0.2, -0.15) is 9.67 Å². The summed E-state index contributed by atoms with van der Waals surface area (Å²) in [6.07, 6.45) is -2.66. The number of anilines is 2. The first-order valence-electron chi connectivity index (χ1n) is 13.1. The van der Waals surface area contributed by atoms with Crippen LogP contribution in [-0.4, -0.2) is 109 Å². The van der Waals surface area contributed by atoms with Gasteiger partial charge in [0.15, 0.2) is 42.2 Å². The molecule has 3 aliphatic heterocycles. The minimum Gasteiger partial charge on any atom is -0.394 e. The molecule has 0 radical (unpaired) electrons. The number of aliphatic hydroxyl groups excluding tert-OH is 1. The molecule has 2 bridgehead atoms. The van der Waals surface area contributed by atoms with Gasteiger partial charge in [0.1, 0.15) is 35.8 Å². The van der Waals surface area contributed by atoms with Gasteiger partial charge in [0, 0.05) is 6.42 Å². The third-order valence-electron chi connectivity index (χ3n) is 7.55. The Morgan fingerprint density at radius 1 is 1.24 bits per heavy atom. The van der Waals surface area contributed by atoms with Crippen molar-refractivity contribution in [3.63, 3.8) is 0 Å². The van der Waals surface area contributed by atoms with Crippen LogP contribution in [0.15, 0.2) is 17.4 Å². The third-order valence-corrected chi connectivity index (χ3v) is 9.86. The number of imidazole rings is 1. The van der Waals surface area contributed by atoms with E-state index in [1.54, 1.807) is 4.57 Å². The summed E-state index contributed by atoms with van der Waals surface area (Å²) in [6, 6.07) is 0. The van der Waals surface area contributed by atoms with Crippen LogP contribution in [0.25, 0.3) is 22.3 Å². The highest BCUT2D eigenvalue weighted by Crippen LogP contribution is 2.54. The van der Waals surface area contributed by atoms with Gasteiger partial charge in [-0.15, -0.1) is 5.10 Å². The van der Waals surface area contributed by atoms with Crippen molar-refractivity contribution >= 4 is 71.6 Å². The van der Waals surface area contributed by atoms with Crippen LogP contribution in [0, 0.1) is 0 Å². The number of nitrogens with two attached hydrogens (primary N) is 2. The van der Waals surface area contributed by atoms with Crippen molar-refractivity contribution in [1.29, 1.82) is 0 Å². The number of aromatic nitrogens is 9. The Bertz CT molecular complexity index is 1910. The van der Waals surface area contributed by atoms with Gasteiger partial charge in [-0.05, 0) is 23.6 Å². The normalized spacial score (nSPS) is 31.6. The van der Waals surface area contributed by atoms with Crippen molar-refractivity contribution in [3.8, 4) is 0 Å². The molecule has 0 aromatic carbocycles. The molecular weight excluding hydrogens is 680 g/mol. The second-order valence-corrected chi connectivity index (χ2v) is 15.0. The summed E-state index contributed by atoms with van der Waals surface area (Å²) >= 11 is 10.3. The molecule has 0 spiro atoms. The fourth-order valence-electron chi connectivity index (χ4n) is 5.62. The fraction of sp³-hybridized carbons (Fsp3) is 0.550. The van der Waals surface area contributed by atoms with Crippen molar-refractivity contribution in [3.05, 3.63) is 23.0 Å². The van der Waals surface area contributed by atoms with Crippen LogP contribution in [0.2, 0.25) is 0 Å². The average molecular weight is 706 g/mol. The zero-order valence-electron chi connectivity index (χ0n) is 22.6. The lowest BCUT2D eigenvalue weighted by Crippen LogP contribution is -2.45. The van der Waals surface area contributed by atoms with Crippen LogP contribution in [0.5, 0.6) is 0 Å². The summed E-state index contributed by atoms with van der Waals surface area (Å²) < 4.78 is 38.3. The lowest BCUT2D eigenvalue weighted by molar-refractivity contribution is -0.183. The van der Waals surface area contributed by atoms with E-state index < -0.39 is 75.1 Å². The monoisotopic (exact) mass is 705 g/mol. The number of fused-ring (bicyclic) bond motifs is 4. The fourth-order valence-corrected chi connectivity index (χ4v) is 7.97. The highest BCUT2D eigenvalue weighted by atomic mass is 32.5. The molecule has 242 valence electrons. The lowest BCUT2D eigenvalue weighted by atomic mass is 10.0. The molecular formula is C20H25N11O10P2S2. The van der Waals surface area contributed by atoms with Gasteiger partial charge in [0.05, 0.1) is 32.3 Å². The van der Waals surface area contributed by atoms with Crippen LogP contribution in [0.4, 0.5) is 11.8 Å². The Labute approximate surface area is 261 Å². The van der Waals surface area contributed by atoms with E-state index in [4.69, 9.17) is 62.9 Å². The first kappa shape index (κ1) is 31.0. The number of H-pyrrole nitrogens is 1. The number of ether oxygens (including phenoxy) is 3. The van der Waals surface area contributed by atoms with Crippen molar-refractivity contribution in [1.82, 2.24) is 44.5 Å².